The van der Waals surface area contributed by atoms with Crippen molar-refractivity contribution in [1.82, 2.24) is 14.8 Å². The number of amides is 3. The predicted octanol–water partition coefficient (Wildman–Crippen LogP) is 3.29. The molecule has 2 aliphatic heterocycles. The van der Waals surface area contributed by atoms with E-state index in [2.05, 4.69) is 10.3 Å². The molecular formula is C20H18Cl2N4O3. The Morgan fingerprint density at radius 3 is 2.14 bits per heavy atom. The number of aromatic nitrogens is 1. The molecular weight excluding hydrogens is 415 g/mol. The fourth-order valence-electron chi connectivity index (χ4n) is 3.63. The van der Waals surface area contributed by atoms with E-state index in [1.807, 2.05) is 4.90 Å². The molecule has 0 bridgehead atoms. The van der Waals surface area contributed by atoms with Crippen LogP contribution in [0.3, 0.4) is 0 Å². The zero-order valence-electron chi connectivity index (χ0n) is 15.4. The smallest absolute Gasteiger partial charge is 0.262 e. The molecule has 2 aromatic rings. The lowest BCUT2D eigenvalue weighted by Crippen LogP contribution is -2.46. The molecule has 0 saturated carbocycles. The van der Waals surface area contributed by atoms with Gasteiger partial charge in [-0.25, -0.2) is 0 Å². The lowest BCUT2D eigenvalue weighted by molar-refractivity contribution is -0.121. The topological polar surface area (TPSA) is 82.6 Å². The van der Waals surface area contributed by atoms with E-state index < -0.39 is 0 Å². The zero-order valence-corrected chi connectivity index (χ0v) is 16.9. The Balaban J connectivity index is 1.35. The van der Waals surface area contributed by atoms with Gasteiger partial charge in [0.15, 0.2) is 0 Å². The fourth-order valence-corrected chi connectivity index (χ4v) is 3.96. The number of fused-ring (bicyclic) bond motifs is 1. The van der Waals surface area contributed by atoms with E-state index in [1.54, 1.807) is 24.5 Å². The normalized spacial score (nSPS) is 17.5. The molecule has 3 amide bonds. The summed E-state index contributed by atoms with van der Waals surface area (Å²) in [6, 6.07) is 6.37. The maximum absolute atomic E-state index is 12.6. The van der Waals surface area contributed by atoms with Crippen LogP contribution in [0.5, 0.6) is 0 Å². The monoisotopic (exact) mass is 432 g/mol. The van der Waals surface area contributed by atoms with Crippen LogP contribution in [0.2, 0.25) is 10.0 Å². The first-order valence-corrected chi connectivity index (χ1v) is 9.98. The van der Waals surface area contributed by atoms with Gasteiger partial charge in [-0.15, -0.1) is 0 Å². The molecule has 1 saturated heterocycles. The number of nitrogens with zero attached hydrogens (tertiary/aromatic N) is 3. The average molecular weight is 433 g/mol. The highest BCUT2D eigenvalue weighted by atomic mass is 35.5. The largest absolute Gasteiger partial charge is 0.326 e. The van der Waals surface area contributed by atoms with Crippen molar-refractivity contribution in [3.8, 4) is 0 Å². The minimum Gasteiger partial charge on any atom is -0.326 e. The van der Waals surface area contributed by atoms with Crippen molar-refractivity contribution in [3.63, 3.8) is 0 Å². The zero-order chi connectivity index (χ0) is 20.5. The van der Waals surface area contributed by atoms with Gasteiger partial charge in [0, 0.05) is 37.1 Å². The van der Waals surface area contributed by atoms with Crippen molar-refractivity contribution in [2.45, 2.75) is 12.8 Å². The summed E-state index contributed by atoms with van der Waals surface area (Å²) in [5.74, 6) is -0.887. The molecule has 0 atom stereocenters. The number of carbonyl (C=O) groups excluding carboxylic acids is 3. The summed E-state index contributed by atoms with van der Waals surface area (Å²) in [5, 5.41) is 3.38. The molecule has 9 heteroatoms. The van der Waals surface area contributed by atoms with Crippen LogP contribution in [-0.2, 0) is 4.79 Å². The van der Waals surface area contributed by atoms with Gasteiger partial charge in [0.25, 0.3) is 11.8 Å². The van der Waals surface area contributed by atoms with Crippen molar-refractivity contribution in [2.75, 3.05) is 25.1 Å². The Kier molecular flexibility index (Phi) is 5.54. The Hall–Kier alpha value is -2.48. The van der Waals surface area contributed by atoms with Gasteiger partial charge >= 0.3 is 0 Å². The number of halogens is 2. The van der Waals surface area contributed by atoms with Crippen molar-refractivity contribution in [1.29, 1.82) is 0 Å². The van der Waals surface area contributed by atoms with Gasteiger partial charge in [0.2, 0.25) is 5.91 Å². The van der Waals surface area contributed by atoms with Gasteiger partial charge in [-0.05, 0) is 37.1 Å². The number of pyridine rings is 1. The van der Waals surface area contributed by atoms with Gasteiger partial charge in [-0.1, -0.05) is 23.2 Å². The second kappa shape index (κ2) is 8.10. The van der Waals surface area contributed by atoms with Crippen molar-refractivity contribution >= 4 is 46.6 Å². The third-order valence-corrected chi connectivity index (χ3v) is 5.98. The van der Waals surface area contributed by atoms with Gasteiger partial charge in [0.05, 0.1) is 27.8 Å². The molecule has 150 valence electrons. The predicted molar refractivity (Wildman–Crippen MR) is 109 cm³/mol. The van der Waals surface area contributed by atoms with Crippen LogP contribution in [0, 0.1) is 5.92 Å². The molecule has 1 aromatic carbocycles. The number of benzene rings is 1. The minimum atomic E-state index is -0.374. The number of piperidine rings is 1. The van der Waals surface area contributed by atoms with Crippen LogP contribution in [0.15, 0.2) is 36.7 Å². The fraction of sp³-hybridized carbons (Fsp3) is 0.300. The molecule has 1 fully saturated rings. The molecule has 0 aliphatic carbocycles. The van der Waals surface area contributed by atoms with Crippen LogP contribution >= 0.6 is 23.2 Å². The van der Waals surface area contributed by atoms with Crippen LogP contribution in [0.4, 0.5) is 5.69 Å². The number of imide groups is 1. The summed E-state index contributed by atoms with van der Waals surface area (Å²) in [6.45, 7) is 1.41. The van der Waals surface area contributed by atoms with Crippen LogP contribution in [-0.4, -0.2) is 52.3 Å². The van der Waals surface area contributed by atoms with E-state index in [1.165, 1.54) is 17.0 Å². The van der Waals surface area contributed by atoms with E-state index in [9.17, 15) is 14.4 Å². The first-order valence-electron chi connectivity index (χ1n) is 9.22. The van der Waals surface area contributed by atoms with Crippen LogP contribution < -0.4 is 5.32 Å². The summed E-state index contributed by atoms with van der Waals surface area (Å²) in [6.07, 6.45) is 4.55. The van der Waals surface area contributed by atoms with Gasteiger partial charge < -0.3 is 5.32 Å². The van der Waals surface area contributed by atoms with Crippen LogP contribution in [0.25, 0.3) is 0 Å². The summed E-state index contributed by atoms with van der Waals surface area (Å²) in [5.41, 5.74) is 1.27. The average Bonchev–Trinajstić information content (AvgIpc) is 2.94. The number of rotatable bonds is 4. The Morgan fingerprint density at radius 2 is 1.59 bits per heavy atom. The summed E-state index contributed by atoms with van der Waals surface area (Å²) in [7, 11) is 0. The Bertz CT molecular complexity index is 934. The number of anilines is 1. The third kappa shape index (κ3) is 3.99. The molecule has 29 heavy (non-hydrogen) atoms. The number of hydrogen-bond donors (Lipinski definition) is 1. The lowest BCUT2D eigenvalue weighted by Gasteiger charge is -2.33. The lowest BCUT2D eigenvalue weighted by atomic mass is 9.96. The molecule has 1 N–H and O–H groups in total. The SMILES string of the molecule is O=C(Nc1ccncc1)C1CCN(CN2C(=O)c3cc(Cl)c(Cl)cc3C2=O)CC1. The van der Waals surface area contributed by atoms with E-state index >= 15 is 0 Å². The summed E-state index contributed by atoms with van der Waals surface area (Å²) >= 11 is 12.0. The van der Waals surface area contributed by atoms with Gasteiger partial charge in [0.1, 0.15) is 0 Å². The highest BCUT2D eigenvalue weighted by Crippen LogP contribution is 2.32. The van der Waals surface area contributed by atoms with Crippen molar-refractivity contribution in [3.05, 3.63) is 57.8 Å². The molecule has 4 rings (SSSR count). The van der Waals surface area contributed by atoms with E-state index in [4.69, 9.17) is 23.2 Å². The third-order valence-electron chi connectivity index (χ3n) is 5.26. The summed E-state index contributed by atoms with van der Waals surface area (Å²) in [4.78, 5) is 44.8. The van der Waals surface area contributed by atoms with Crippen LogP contribution in [0.1, 0.15) is 33.6 Å². The molecule has 7 nitrogen and oxygen atoms in total. The molecule has 1 aromatic heterocycles. The molecule has 0 radical (unpaired) electrons. The standard InChI is InChI=1S/C20H18Cl2N4O3/c21-16-9-14-15(10-17(16)22)20(29)26(19(14)28)11-25-7-3-12(4-8-25)18(27)24-13-1-5-23-6-2-13/h1-2,5-6,9-10,12H,3-4,7-8,11H2,(H,23,24,27). The number of likely N-dealkylation sites (tertiary alicyclic amines) is 1. The molecule has 3 heterocycles. The maximum atomic E-state index is 12.6. The minimum absolute atomic E-state index is 0.0270. The van der Waals surface area contributed by atoms with E-state index in [0.717, 1.165) is 5.69 Å². The Labute approximate surface area is 177 Å². The highest BCUT2D eigenvalue weighted by Gasteiger charge is 2.38. The van der Waals surface area contributed by atoms with Crippen molar-refractivity contribution in [2.24, 2.45) is 5.92 Å². The van der Waals surface area contributed by atoms with Gasteiger partial charge in [-0.2, -0.15) is 0 Å². The first kappa shape index (κ1) is 19.8. The molecule has 0 spiro atoms. The second-order valence-electron chi connectivity index (χ2n) is 7.11. The molecule has 0 unspecified atom stereocenters. The quantitative estimate of drug-likeness (QED) is 0.749. The van der Waals surface area contributed by atoms with E-state index in [0.29, 0.717) is 25.9 Å². The first-order chi connectivity index (χ1) is 13.9. The van der Waals surface area contributed by atoms with Crippen molar-refractivity contribution < 1.29 is 14.4 Å². The van der Waals surface area contributed by atoms with E-state index in [-0.39, 0.29) is 51.5 Å². The number of nitrogens with one attached hydrogen (secondary N) is 1. The second-order valence-corrected chi connectivity index (χ2v) is 7.92. The molecule has 2 aliphatic rings. The van der Waals surface area contributed by atoms with Gasteiger partial charge in [-0.3, -0.25) is 29.2 Å². The Morgan fingerprint density at radius 1 is 1.03 bits per heavy atom. The number of hydrogen-bond acceptors (Lipinski definition) is 5. The highest BCUT2D eigenvalue weighted by molar-refractivity contribution is 6.43. The summed E-state index contributed by atoms with van der Waals surface area (Å²) < 4.78 is 0. The number of carbonyl (C=O) groups is 3. The maximum Gasteiger partial charge on any atom is 0.262 e.